The lowest BCUT2D eigenvalue weighted by atomic mass is 10.1. The molecule has 1 aliphatic rings. The molecule has 0 radical (unpaired) electrons. The fraction of sp³-hybridized carbons (Fsp3) is 0.400. The van der Waals surface area contributed by atoms with E-state index in [-0.39, 0.29) is 0 Å². The smallest absolute Gasteiger partial charge is 0.173 e. The number of rotatable bonds is 3. The molecule has 0 aromatic carbocycles. The number of pyridine rings is 1. The summed E-state index contributed by atoms with van der Waals surface area (Å²) in [4.78, 5) is 4.27. The Morgan fingerprint density at radius 2 is 2.00 bits per heavy atom. The molecule has 4 atom stereocenters. The Morgan fingerprint density at radius 1 is 1.18 bits per heavy atom. The van der Waals surface area contributed by atoms with Crippen molar-refractivity contribution in [2.24, 2.45) is 0 Å². The molecule has 7 heteroatoms. The Hall–Kier alpha value is -1.54. The summed E-state index contributed by atoms with van der Waals surface area (Å²) in [6, 6.07) is 7.20. The summed E-state index contributed by atoms with van der Waals surface area (Å²) in [6.45, 7) is 1.86. The third-order valence-electron chi connectivity index (χ3n) is 3.44. The molecule has 2 aromatic rings. The van der Waals surface area contributed by atoms with Crippen LogP contribution in [-0.2, 0) is 0 Å². The number of nitrogens with zero attached hydrogens (tertiary/aromatic N) is 1. The highest BCUT2D eigenvalue weighted by Gasteiger charge is 2.38. The number of furan rings is 1. The van der Waals surface area contributed by atoms with Crippen LogP contribution in [-0.4, -0.2) is 49.8 Å². The number of hydrogen-bond acceptors (Lipinski definition) is 7. The van der Waals surface area contributed by atoms with E-state index in [1.165, 1.54) is 18.0 Å². The summed E-state index contributed by atoms with van der Waals surface area (Å²) in [6.07, 6.45) is -1.76. The third-order valence-corrected chi connectivity index (χ3v) is 4.67. The minimum Gasteiger partial charge on any atom is -0.475 e. The lowest BCUT2D eigenvalue weighted by molar-refractivity contribution is -0.0786. The van der Waals surface area contributed by atoms with Gasteiger partial charge in [0.2, 0.25) is 0 Å². The van der Waals surface area contributed by atoms with E-state index in [0.29, 0.717) is 23.0 Å². The van der Waals surface area contributed by atoms with Gasteiger partial charge in [-0.15, -0.1) is 11.8 Å². The van der Waals surface area contributed by atoms with Crippen LogP contribution in [0.3, 0.4) is 0 Å². The molecule has 118 valence electrons. The fourth-order valence-corrected chi connectivity index (χ4v) is 3.31. The SMILES string of the molecule is Cc1ccc(-c2ccc(O[C@H]3SC[C@@H](O)[C@H](O)[C@H]3O)cn2)o1. The summed E-state index contributed by atoms with van der Waals surface area (Å²) in [5, 5.41) is 29.1. The van der Waals surface area contributed by atoms with Crippen molar-refractivity contribution in [3.05, 3.63) is 36.2 Å². The maximum atomic E-state index is 9.91. The molecule has 0 amide bonds. The second-order valence-electron chi connectivity index (χ2n) is 5.16. The lowest BCUT2D eigenvalue weighted by Gasteiger charge is -2.34. The minimum absolute atomic E-state index is 0.306. The second-order valence-corrected chi connectivity index (χ2v) is 6.29. The summed E-state index contributed by atoms with van der Waals surface area (Å²) in [5.74, 6) is 2.27. The van der Waals surface area contributed by atoms with E-state index in [0.717, 1.165) is 5.76 Å². The molecule has 3 N–H and O–H groups in total. The quantitative estimate of drug-likeness (QED) is 0.780. The minimum atomic E-state index is -1.20. The van der Waals surface area contributed by atoms with Gasteiger partial charge < -0.3 is 24.5 Å². The Bertz CT molecular complexity index is 629. The molecule has 1 aliphatic heterocycles. The van der Waals surface area contributed by atoms with Gasteiger partial charge in [0.1, 0.15) is 29.4 Å². The third kappa shape index (κ3) is 3.12. The summed E-state index contributed by atoms with van der Waals surface area (Å²) < 4.78 is 11.1. The highest BCUT2D eigenvalue weighted by Crippen LogP contribution is 2.29. The summed E-state index contributed by atoms with van der Waals surface area (Å²) in [7, 11) is 0. The molecule has 0 aliphatic carbocycles. The molecule has 0 spiro atoms. The first-order valence-corrected chi connectivity index (χ1v) is 7.95. The normalized spacial score (nSPS) is 28.5. The Balaban J connectivity index is 1.69. The first kappa shape index (κ1) is 15.4. The monoisotopic (exact) mass is 323 g/mol. The lowest BCUT2D eigenvalue weighted by Crippen LogP contribution is -2.50. The molecule has 0 saturated carbocycles. The molecule has 1 saturated heterocycles. The highest BCUT2D eigenvalue weighted by molar-refractivity contribution is 7.99. The number of aliphatic hydroxyl groups excluding tert-OH is 3. The molecule has 3 heterocycles. The Morgan fingerprint density at radius 3 is 2.64 bits per heavy atom. The molecule has 22 heavy (non-hydrogen) atoms. The van der Waals surface area contributed by atoms with Crippen molar-refractivity contribution in [2.45, 2.75) is 30.7 Å². The number of aryl methyl sites for hydroxylation is 1. The van der Waals surface area contributed by atoms with E-state index in [4.69, 9.17) is 9.15 Å². The van der Waals surface area contributed by atoms with Gasteiger partial charge in [0.25, 0.3) is 0 Å². The van der Waals surface area contributed by atoms with E-state index in [9.17, 15) is 15.3 Å². The van der Waals surface area contributed by atoms with Crippen LogP contribution < -0.4 is 4.74 Å². The predicted molar refractivity (Wildman–Crippen MR) is 81.6 cm³/mol. The van der Waals surface area contributed by atoms with Crippen molar-refractivity contribution in [2.75, 3.05) is 5.75 Å². The van der Waals surface area contributed by atoms with Gasteiger partial charge >= 0.3 is 0 Å². The van der Waals surface area contributed by atoms with Gasteiger partial charge in [-0.1, -0.05) is 0 Å². The highest BCUT2D eigenvalue weighted by atomic mass is 32.2. The van der Waals surface area contributed by atoms with Crippen LogP contribution in [0.25, 0.3) is 11.5 Å². The standard InChI is InChI=1S/C15H17NO5S/c1-8-2-5-12(20-8)10-4-3-9(6-16-10)21-15-14(19)13(18)11(17)7-22-15/h2-6,11,13-15,17-19H,7H2,1H3/t11-,13+,14-,15+/m1/s1. The van der Waals surface area contributed by atoms with Gasteiger partial charge in [0, 0.05) is 5.75 Å². The molecular formula is C15H17NO5S. The van der Waals surface area contributed by atoms with Gasteiger partial charge in [0.15, 0.2) is 11.2 Å². The van der Waals surface area contributed by atoms with Crippen molar-refractivity contribution >= 4 is 11.8 Å². The van der Waals surface area contributed by atoms with Crippen LogP contribution in [0.1, 0.15) is 5.76 Å². The molecule has 0 unspecified atom stereocenters. The van der Waals surface area contributed by atoms with Crippen molar-refractivity contribution in [3.8, 4) is 17.2 Å². The van der Waals surface area contributed by atoms with Gasteiger partial charge in [-0.25, -0.2) is 4.98 Å². The van der Waals surface area contributed by atoms with Crippen LogP contribution in [0.4, 0.5) is 0 Å². The molecule has 1 fully saturated rings. The maximum Gasteiger partial charge on any atom is 0.173 e. The molecule has 2 aromatic heterocycles. The molecule has 6 nitrogen and oxygen atoms in total. The molecule has 3 rings (SSSR count). The van der Waals surface area contributed by atoms with E-state index in [1.54, 1.807) is 12.1 Å². The zero-order chi connectivity index (χ0) is 15.7. The van der Waals surface area contributed by atoms with Gasteiger partial charge in [-0.3, -0.25) is 0 Å². The van der Waals surface area contributed by atoms with Crippen LogP contribution in [0.5, 0.6) is 5.75 Å². The van der Waals surface area contributed by atoms with Gasteiger partial charge in [-0.05, 0) is 31.2 Å². The predicted octanol–water partition coefficient (Wildman–Crippen LogP) is 1.18. The number of ether oxygens (including phenoxy) is 1. The van der Waals surface area contributed by atoms with Crippen LogP contribution >= 0.6 is 11.8 Å². The fourth-order valence-electron chi connectivity index (χ4n) is 2.19. The van der Waals surface area contributed by atoms with E-state index in [1.807, 2.05) is 19.1 Å². The van der Waals surface area contributed by atoms with E-state index < -0.39 is 23.7 Å². The largest absolute Gasteiger partial charge is 0.475 e. The van der Waals surface area contributed by atoms with Crippen LogP contribution in [0.2, 0.25) is 0 Å². The van der Waals surface area contributed by atoms with Crippen molar-refractivity contribution in [1.82, 2.24) is 4.98 Å². The summed E-state index contributed by atoms with van der Waals surface area (Å²) >= 11 is 1.25. The first-order chi connectivity index (χ1) is 10.5. The van der Waals surface area contributed by atoms with Crippen molar-refractivity contribution in [1.29, 1.82) is 0 Å². The Labute approximate surface area is 131 Å². The second kappa shape index (κ2) is 6.29. The topological polar surface area (TPSA) is 96.0 Å². The van der Waals surface area contributed by atoms with E-state index in [2.05, 4.69) is 4.98 Å². The number of hydrogen-bond donors (Lipinski definition) is 3. The zero-order valence-electron chi connectivity index (χ0n) is 11.9. The van der Waals surface area contributed by atoms with Crippen LogP contribution in [0, 0.1) is 6.92 Å². The number of aromatic nitrogens is 1. The number of aliphatic hydroxyl groups is 3. The Kier molecular flexibility index (Phi) is 4.39. The van der Waals surface area contributed by atoms with Crippen molar-refractivity contribution in [3.63, 3.8) is 0 Å². The van der Waals surface area contributed by atoms with Crippen molar-refractivity contribution < 1.29 is 24.5 Å². The summed E-state index contributed by atoms with van der Waals surface area (Å²) in [5.41, 5.74) is 0.0460. The maximum absolute atomic E-state index is 9.91. The van der Waals surface area contributed by atoms with Crippen LogP contribution in [0.15, 0.2) is 34.9 Å². The van der Waals surface area contributed by atoms with E-state index >= 15 is 0 Å². The molecular weight excluding hydrogens is 306 g/mol. The average molecular weight is 323 g/mol. The first-order valence-electron chi connectivity index (χ1n) is 6.90. The zero-order valence-corrected chi connectivity index (χ0v) is 12.7. The van der Waals surface area contributed by atoms with Gasteiger partial charge in [-0.2, -0.15) is 0 Å². The van der Waals surface area contributed by atoms with Gasteiger partial charge in [0.05, 0.1) is 12.3 Å². The number of thioether (sulfide) groups is 1. The molecule has 0 bridgehead atoms. The average Bonchev–Trinajstić information content (AvgIpc) is 2.95.